The quantitative estimate of drug-likeness (QED) is 0.176. The number of nitrogens with zero attached hydrogens (tertiary/aromatic N) is 2. The summed E-state index contributed by atoms with van der Waals surface area (Å²) in [5.74, 6) is 1.71. The summed E-state index contributed by atoms with van der Waals surface area (Å²) in [4.78, 5) is 21.2. The standard InChI is InChI=1S/C31H30ClN5O2/c1-20(2)18-23-10-6-7-11-25(23)37-31(38)36-24-14-12-21(13-15-24)16-17-33-29-26-27(32)28(22-8-4-3-5-9-22)39-30(26)35-19-34-29/h3-15,19-20H,16-18H2,1-2H3,(H,33,34,35)(H2,36,37,38). The Hall–Kier alpha value is -4.36. The number of hydrogen-bond acceptors (Lipinski definition) is 5. The van der Waals surface area contributed by atoms with E-state index in [0.717, 1.165) is 40.9 Å². The third kappa shape index (κ3) is 6.38. The Morgan fingerprint density at radius 2 is 1.67 bits per heavy atom. The molecule has 0 spiro atoms. The summed E-state index contributed by atoms with van der Waals surface area (Å²) in [6.45, 7) is 4.96. The van der Waals surface area contributed by atoms with E-state index in [-0.39, 0.29) is 6.03 Å². The van der Waals surface area contributed by atoms with Crippen molar-refractivity contribution in [2.24, 2.45) is 5.92 Å². The zero-order valence-electron chi connectivity index (χ0n) is 21.9. The molecule has 2 amide bonds. The predicted octanol–water partition coefficient (Wildman–Crippen LogP) is 8.04. The molecule has 0 saturated carbocycles. The largest absolute Gasteiger partial charge is 0.436 e. The van der Waals surface area contributed by atoms with Crippen LogP contribution >= 0.6 is 11.6 Å². The molecular weight excluding hydrogens is 510 g/mol. The van der Waals surface area contributed by atoms with Gasteiger partial charge in [0.2, 0.25) is 5.71 Å². The monoisotopic (exact) mass is 539 g/mol. The third-order valence-corrected chi connectivity index (χ3v) is 6.64. The van der Waals surface area contributed by atoms with Gasteiger partial charge in [0.25, 0.3) is 0 Å². The number of furan rings is 1. The highest BCUT2D eigenvalue weighted by Crippen LogP contribution is 2.39. The number of benzene rings is 3. The van der Waals surface area contributed by atoms with Crippen molar-refractivity contribution in [2.45, 2.75) is 26.7 Å². The van der Waals surface area contributed by atoms with E-state index in [1.54, 1.807) is 0 Å². The first-order valence-electron chi connectivity index (χ1n) is 12.9. The van der Waals surface area contributed by atoms with Gasteiger partial charge in [-0.2, -0.15) is 0 Å². The molecule has 3 N–H and O–H groups in total. The molecule has 0 aliphatic heterocycles. The van der Waals surface area contributed by atoms with Crippen LogP contribution in [-0.2, 0) is 12.8 Å². The van der Waals surface area contributed by atoms with Crippen LogP contribution in [0.15, 0.2) is 89.6 Å². The molecule has 0 bridgehead atoms. The average Bonchev–Trinajstić information content (AvgIpc) is 3.28. The molecule has 2 aromatic heterocycles. The first kappa shape index (κ1) is 26.3. The van der Waals surface area contributed by atoms with E-state index in [0.29, 0.717) is 40.2 Å². The number of carbonyl (C=O) groups is 1. The van der Waals surface area contributed by atoms with E-state index in [9.17, 15) is 4.79 Å². The molecule has 0 saturated heterocycles. The average molecular weight is 540 g/mol. The van der Waals surface area contributed by atoms with Gasteiger partial charge in [0.05, 0.1) is 0 Å². The Kier molecular flexibility index (Phi) is 8.08. The van der Waals surface area contributed by atoms with Gasteiger partial charge in [-0.05, 0) is 48.1 Å². The van der Waals surface area contributed by atoms with Crippen LogP contribution in [0.1, 0.15) is 25.0 Å². The number of nitrogens with one attached hydrogen (secondary N) is 3. The van der Waals surface area contributed by atoms with Crippen LogP contribution in [0.25, 0.3) is 22.4 Å². The Balaban J connectivity index is 1.18. The van der Waals surface area contributed by atoms with Gasteiger partial charge in [-0.15, -0.1) is 0 Å². The molecule has 0 aliphatic rings. The maximum atomic E-state index is 12.6. The van der Waals surface area contributed by atoms with Crippen LogP contribution < -0.4 is 16.0 Å². The highest BCUT2D eigenvalue weighted by Gasteiger charge is 2.19. The molecule has 198 valence electrons. The lowest BCUT2D eigenvalue weighted by Crippen LogP contribution is -2.20. The number of carbonyl (C=O) groups excluding carboxylic acids is 1. The van der Waals surface area contributed by atoms with Crippen LogP contribution in [0, 0.1) is 5.92 Å². The zero-order chi connectivity index (χ0) is 27.2. The maximum Gasteiger partial charge on any atom is 0.323 e. The van der Waals surface area contributed by atoms with Crippen LogP contribution in [0.5, 0.6) is 0 Å². The Morgan fingerprint density at radius 1 is 0.923 bits per heavy atom. The number of fused-ring (bicyclic) bond motifs is 1. The smallest absolute Gasteiger partial charge is 0.323 e. The lowest BCUT2D eigenvalue weighted by atomic mass is 10.0. The molecule has 5 rings (SSSR count). The van der Waals surface area contributed by atoms with E-state index in [1.807, 2.05) is 78.9 Å². The summed E-state index contributed by atoms with van der Waals surface area (Å²) in [5, 5.41) is 10.4. The first-order valence-corrected chi connectivity index (χ1v) is 13.3. The summed E-state index contributed by atoms with van der Waals surface area (Å²) in [6, 6.07) is 25.1. The number of anilines is 3. The normalized spacial score (nSPS) is 11.1. The number of urea groups is 1. The van der Waals surface area contributed by atoms with Crippen molar-refractivity contribution in [3.63, 3.8) is 0 Å². The molecule has 0 unspecified atom stereocenters. The van der Waals surface area contributed by atoms with Crippen LogP contribution in [-0.4, -0.2) is 22.5 Å². The summed E-state index contributed by atoms with van der Waals surface area (Å²) >= 11 is 6.68. The van der Waals surface area contributed by atoms with E-state index in [1.165, 1.54) is 6.33 Å². The molecule has 0 atom stereocenters. The fourth-order valence-electron chi connectivity index (χ4n) is 4.43. The lowest BCUT2D eigenvalue weighted by Gasteiger charge is -2.13. The Morgan fingerprint density at radius 3 is 2.44 bits per heavy atom. The van der Waals surface area contributed by atoms with Crippen molar-refractivity contribution < 1.29 is 9.21 Å². The van der Waals surface area contributed by atoms with Gasteiger partial charge in [-0.1, -0.05) is 86.1 Å². The number of amides is 2. The first-order chi connectivity index (χ1) is 19.0. The van der Waals surface area contributed by atoms with Gasteiger partial charge in [-0.25, -0.2) is 14.8 Å². The number of halogens is 1. The van der Waals surface area contributed by atoms with Gasteiger partial charge >= 0.3 is 6.03 Å². The number of rotatable bonds is 9. The highest BCUT2D eigenvalue weighted by atomic mass is 35.5. The predicted molar refractivity (Wildman–Crippen MR) is 159 cm³/mol. The maximum absolute atomic E-state index is 12.6. The minimum atomic E-state index is -0.264. The van der Waals surface area contributed by atoms with E-state index < -0.39 is 0 Å². The molecule has 0 aliphatic carbocycles. The molecule has 2 heterocycles. The number of para-hydroxylation sites is 1. The van der Waals surface area contributed by atoms with E-state index in [4.69, 9.17) is 16.0 Å². The van der Waals surface area contributed by atoms with Gasteiger partial charge in [0.1, 0.15) is 22.6 Å². The Labute approximate surface area is 232 Å². The minimum Gasteiger partial charge on any atom is -0.436 e. The van der Waals surface area contributed by atoms with Gasteiger partial charge in [-0.3, -0.25) is 0 Å². The summed E-state index contributed by atoms with van der Waals surface area (Å²) in [6.07, 6.45) is 3.12. The highest BCUT2D eigenvalue weighted by molar-refractivity contribution is 6.38. The van der Waals surface area contributed by atoms with Crippen molar-refractivity contribution in [2.75, 3.05) is 22.5 Å². The fraction of sp³-hybridized carbons (Fsp3) is 0.194. The second-order valence-corrected chi connectivity index (χ2v) is 10.1. The minimum absolute atomic E-state index is 0.264. The summed E-state index contributed by atoms with van der Waals surface area (Å²) in [7, 11) is 0. The molecule has 7 nitrogen and oxygen atoms in total. The molecule has 39 heavy (non-hydrogen) atoms. The Bertz CT molecular complexity index is 1570. The van der Waals surface area contributed by atoms with Gasteiger partial charge < -0.3 is 20.4 Å². The second-order valence-electron chi connectivity index (χ2n) is 9.72. The molecule has 0 radical (unpaired) electrons. The lowest BCUT2D eigenvalue weighted by molar-refractivity contribution is 0.262. The van der Waals surface area contributed by atoms with Crippen LogP contribution in [0.2, 0.25) is 5.02 Å². The van der Waals surface area contributed by atoms with Crippen LogP contribution in [0.4, 0.5) is 22.0 Å². The van der Waals surface area contributed by atoms with E-state index >= 15 is 0 Å². The second kappa shape index (κ2) is 12.0. The fourth-order valence-corrected chi connectivity index (χ4v) is 4.75. The van der Waals surface area contributed by atoms with Crippen molar-refractivity contribution in [3.05, 3.63) is 101 Å². The van der Waals surface area contributed by atoms with Crippen molar-refractivity contribution in [1.29, 1.82) is 0 Å². The third-order valence-electron chi connectivity index (χ3n) is 6.28. The van der Waals surface area contributed by atoms with Crippen LogP contribution in [0.3, 0.4) is 0 Å². The molecular formula is C31H30ClN5O2. The molecule has 8 heteroatoms. The topological polar surface area (TPSA) is 92.1 Å². The molecule has 0 fully saturated rings. The van der Waals surface area contributed by atoms with Crippen molar-refractivity contribution >= 4 is 45.9 Å². The summed E-state index contributed by atoms with van der Waals surface area (Å²) < 4.78 is 5.93. The van der Waals surface area contributed by atoms with Crippen molar-refractivity contribution in [1.82, 2.24) is 9.97 Å². The number of aromatic nitrogens is 2. The SMILES string of the molecule is CC(C)Cc1ccccc1NC(=O)Nc1ccc(CCNc2ncnc3oc(-c4ccccc4)c(Cl)c23)cc1. The molecule has 5 aromatic rings. The van der Waals surface area contributed by atoms with Gasteiger partial charge in [0, 0.05) is 23.5 Å². The zero-order valence-corrected chi connectivity index (χ0v) is 22.6. The number of hydrogen-bond donors (Lipinski definition) is 3. The summed E-state index contributed by atoms with van der Waals surface area (Å²) in [5.41, 5.74) is 5.12. The molecule has 3 aromatic carbocycles. The van der Waals surface area contributed by atoms with Gasteiger partial charge in [0.15, 0.2) is 5.76 Å². The van der Waals surface area contributed by atoms with E-state index in [2.05, 4.69) is 39.8 Å². The van der Waals surface area contributed by atoms with Crippen molar-refractivity contribution in [3.8, 4) is 11.3 Å².